The lowest BCUT2D eigenvalue weighted by molar-refractivity contribution is -0.119. The van der Waals surface area contributed by atoms with Gasteiger partial charge in [0.15, 0.2) is 0 Å². The summed E-state index contributed by atoms with van der Waals surface area (Å²) >= 11 is 0. The summed E-state index contributed by atoms with van der Waals surface area (Å²) in [5.41, 5.74) is 12.8. The lowest BCUT2D eigenvalue weighted by atomic mass is 9.87. The van der Waals surface area contributed by atoms with Crippen LogP contribution in [0.4, 0.5) is 0 Å². The van der Waals surface area contributed by atoms with Crippen molar-refractivity contribution in [3.8, 4) is 5.88 Å². The van der Waals surface area contributed by atoms with Crippen molar-refractivity contribution < 1.29 is 19.1 Å². The average molecular weight is 375 g/mol. The number of carbonyl (C=O) groups is 2. The molecule has 4 N–H and O–H groups in total. The second kappa shape index (κ2) is 8.25. The molecule has 7 nitrogen and oxygen atoms in total. The van der Waals surface area contributed by atoms with Crippen LogP contribution in [0.1, 0.15) is 79.4 Å². The summed E-state index contributed by atoms with van der Waals surface area (Å²) in [7, 11) is 0. The largest absolute Gasteiger partial charge is 0.475 e. The molecule has 1 aliphatic carbocycles. The van der Waals surface area contributed by atoms with Gasteiger partial charge in [-0.1, -0.05) is 13.8 Å². The predicted molar refractivity (Wildman–Crippen MR) is 101 cm³/mol. The SMILES string of the molecule is CC(C)C[C@H](C(N)=O)c1cc(C2CC2)c(OCC2CCCO2)nc1C(N)=O. The Labute approximate surface area is 159 Å². The Balaban J connectivity index is 1.96. The molecule has 2 amide bonds. The molecule has 1 aliphatic heterocycles. The van der Waals surface area contributed by atoms with E-state index in [4.69, 9.17) is 20.9 Å². The number of nitrogens with two attached hydrogens (primary N) is 2. The lowest BCUT2D eigenvalue weighted by Gasteiger charge is -2.21. The Morgan fingerprint density at radius 1 is 1.30 bits per heavy atom. The van der Waals surface area contributed by atoms with E-state index in [2.05, 4.69) is 4.98 Å². The van der Waals surface area contributed by atoms with Crippen molar-refractivity contribution >= 4 is 11.8 Å². The van der Waals surface area contributed by atoms with E-state index < -0.39 is 17.7 Å². The monoisotopic (exact) mass is 375 g/mol. The van der Waals surface area contributed by atoms with Crippen molar-refractivity contribution in [1.29, 1.82) is 0 Å². The minimum absolute atomic E-state index is 0.0508. The molecular formula is C20H29N3O4. The van der Waals surface area contributed by atoms with Gasteiger partial charge in [0.2, 0.25) is 11.8 Å². The highest BCUT2D eigenvalue weighted by atomic mass is 16.5. The van der Waals surface area contributed by atoms with Crippen molar-refractivity contribution in [2.45, 2.75) is 63.9 Å². The number of hydrogen-bond acceptors (Lipinski definition) is 5. The minimum Gasteiger partial charge on any atom is -0.475 e. The summed E-state index contributed by atoms with van der Waals surface area (Å²) in [6, 6.07) is 1.87. The molecular weight excluding hydrogens is 346 g/mol. The molecule has 2 aliphatic rings. The second-order valence-corrected chi connectivity index (χ2v) is 7.99. The number of ether oxygens (including phenoxy) is 2. The van der Waals surface area contributed by atoms with Gasteiger partial charge in [0.1, 0.15) is 12.3 Å². The van der Waals surface area contributed by atoms with Gasteiger partial charge >= 0.3 is 0 Å². The van der Waals surface area contributed by atoms with Gasteiger partial charge in [0.25, 0.3) is 5.91 Å². The van der Waals surface area contributed by atoms with Crippen LogP contribution in [0, 0.1) is 5.92 Å². The first-order valence-electron chi connectivity index (χ1n) is 9.75. The number of carbonyl (C=O) groups excluding carboxylic acids is 2. The van der Waals surface area contributed by atoms with Gasteiger partial charge in [0, 0.05) is 12.2 Å². The summed E-state index contributed by atoms with van der Waals surface area (Å²) in [6.45, 7) is 5.16. The zero-order valence-corrected chi connectivity index (χ0v) is 16.1. The number of nitrogens with zero attached hydrogens (tertiary/aromatic N) is 1. The van der Waals surface area contributed by atoms with Crippen LogP contribution in [0.2, 0.25) is 0 Å². The Hall–Kier alpha value is -2.15. The first-order chi connectivity index (χ1) is 12.9. The summed E-state index contributed by atoms with van der Waals surface area (Å²) in [4.78, 5) is 28.6. The lowest BCUT2D eigenvalue weighted by Crippen LogP contribution is -2.27. The fourth-order valence-electron chi connectivity index (χ4n) is 3.61. The zero-order chi connectivity index (χ0) is 19.6. The predicted octanol–water partition coefficient (Wildman–Crippen LogP) is 2.23. The fraction of sp³-hybridized carbons (Fsp3) is 0.650. The highest BCUT2D eigenvalue weighted by molar-refractivity contribution is 5.95. The Kier molecular flexibility index (Phi) is 5.99. The maximum absolute atomic E-state index is 12.1. The van der Waals surface area contributed by atoms with E-state index in [9.17, 15) is 9.59 Å². The topological polar surface area (TPSA) is 118 Å². The first-order valence-corrected chi connectivity index (χ1v) is 9.75. The van der Waals surface area contributed by atoms with Crippen molar-refractivity contribution in [2.75, 3.05) is 13.2 Å². The van der Waals surface area contributed by atoms with E-state index in [1.807, 2.05) is 19.9 Å². The molecule has 2 atom stereocenters. The van der Waals surface area contributed by atoms with Crippen LogP contribution < -0.4 is 16.2 Å². The third-order valence-corrected chi connectivity index (χ3v) is 5.15. The molecule has 2 heterocycles. The van der Waals surface area contributed by atoms with Crippen LogP contribution in [-0.2, 0) is 9.53 Å². The average Bonchev–Trinajstić information content (AvgIpc) is 3.32. The molecule has 2 fully saturated rings. The highest BCUT2D eigenvalue weighted by Gasteiger charge is 2.33. The second-order valence-electron chi connectivity index (χ2n) is 7.99. The number of pyridine rings is 1. The van der Waals surface area contributed by atoms with Crippen molar-refractivity contribution in [1.82, 2.24) is 4.98 Å². The van der Waals surface area contributed by atoms with E-state index >= 15 is 0 Å². The first kappa shape index (κ1) is 19.6. The smallest absolute Gasteiger partial charge is 0.267 e. The Morgan fingerprint density at radius 2 is 2.04 bits per heavy atom. The van der Waals surface area contributed by atoms with Gasteiger partial charge in [-0.3, -0.25) is 9.59 Å². The van der Waals surface area contributed by atoms with E-state index in [1.165, 1.54) is 0 Å². The van der Waals surface area contributed by atoms with Gasteiger partial charge in [0.05, 0.1) is 12.0 Å². The number of amides is 2. The molecule has 1 saturated heterocycles. The van der Waals surface area contributed by atoms with Crippen LogP contribution in [0.25, 0.3) is 0 Å². The summed E-state index contributed by atoms with van der Waals surface area (Å²) in [5.74, 6) is -0.733. The van der Waals surface area contributed by atoms with Gasteiger partial charge in [-0.05, 0) is 55.6 Å². The number of aromatic nitrogens is 1. The van der Waals surface area contributed by atoms with Crippen molar-refractivity contribution in [3.05, 3.63) is 22.9 Å². The van der Waals surface area contributed by atoms with E-state index in [-0.39, 0.29) is 17.7 Å². The Morgan fingerprint density at radius 3 is 2.56 bits per heavy atom. The number of hydrogen-bond donors (Lipinski definition) is 2. The molecule has 1 aromatic rings. The number of primary amides is 2. The summed E-state index contributed by atoms with van der Waals surface area (Å²) < 4.78 is 11.5. The fourth-order valence-corrected chi connectivity index (χ4v) is 3.61. The quantitative estimate of drug-likeness (QED) is 0.686. The standard InChI is InChI=1S/C20H29N3O4/c1-11(2)8-16(18(21)24)15-9-14(12-5-6-12)20(23-17(15)19(22)25)27-10-13-4-3-7-26-13/h9,11-13,16H,3-8,10H2,1-2H3,(H2,21,24)(H2,22,25)/t13?,16-/m0/s1. The van der Waals surface area contributed by atoms with Crippen molar-refractivity contribution in [2.24, 2.45) is 17.4 Å². The maximum Gasteiger partial charge on any atom is 0.267 e. The molecule has 1 aromatic heterocycles. The van der Waals surface area contributed by atoms with Crippen molar-refractivity contribution in [3.63, 3.8) is 0 Å². The molecule has 0 aromatic carbocycles. The third-order valence-electron chi connectivity index (χ3n) is 5.15. The van der Waals surface area contributed by atoms with Gasteiger partial charge in [-0.15, -0.1) is 0 Å². The summed E-state index contributed by atoms with van der Waals surface area (Å²) in [6.07, 6.45) is 4.65. The molecule has 1 unspecified atom stereocenters. The van der Waals surface area contributed by atoms with E-state index in [1.54, 1.807) is 0 Å². The van der Waals surface area contributed by atoms with Gasteiger partial charge in [-0.25, -0.2) is 4.98 Å². The molecule has 148 valence electrons. The molecule has 1 saturated carbocycles. The van der Waals surface area contributed by atoms with Crippen LogP contribution in [0.3, 0.4) is 0 Å². The van der Waals surface area contributed by atoms with Gasteiger partial charge < -0.3 is 20.9 Å². The normalized spacial score (nSPS) is 20.6. The van der Waals surface area contributed by atoms with E-state index in [0.29, 0.717) is 30.4 Å². The van der Waals surface area contributed by atoms with E-state index in [0.717, 1.165) is 37.9 Å². The third kappa shape index (κ3) is 4.77. The molecule has 27 heavy (non-hydrogen) atoms. The van der Waals surface area contributed by atoms with Crippen LogP contribution in [0.15, 0.2) is 6.07 Å². The van der Waals surface area contributed by atoms with Crippen LogP contribution >= 0.6 is 0 Å². The Bertz CT molecular complexity index is 709. The van der Waals surface area contributed by atoms with Crippen LogP contribution in [-0.4, -0.2) is 36.1 Å². The summed E-state index contributed by atoms with van der Waals surface area (Å²) in [5, 5.41) is 0. The van der Waals surface area contributed by atoms with Gasteiger partial charge in [-0.2, -0.15) is 0 Å². The molecule has 7 heteroatoms. The molecule has 3 rings (SSSR count). The van der Waals surface area contributed by atoms with Crippen LogP contribution in [0.5, 0.6) is 5.88 Å². The molecule has 0 spiro atoms. The minimum atomic E-state index is -0.677. The maximum atomic E-state index is 12.1. The number of rotatable bonds is 9. The molecule has 0 bridgehead atoms. The zero-order valence-electron chi connectivity index (χ0n) is 16.1. The molecule has 0 radical (unpaired) electrons. The highest BCUT2D eigenvalue weighted by Crippen LogP contribution is 2.45.